The third-order valence-corrected chi connectivity index (χ3v) is 5.17. The molecule has 1 aromatic carbocycles. The van der Waals surface area contributed by atoms with E-state index in [2.05, 4.69) is 0 Å². The number of hydrogen-bond donors (Lipinski definition) is 3. The van der Waals surface area contributed by atoms with Crippen molar-refractivity contribution in [3.8, 4) is 0 Å². The Morgan fingerprint density at radius 2 is 2.00 bits per heavy atom. The normalized spacial score (nSPS) is 17.5. The summed E-state index contributed by atoms with van der Waals surface area (Å²) >= 11 is 0. The van der Waals surface area contributed by atoms with E-state index in [1.807, 2.05) is 5.43 Å². The molecular formula is C10H13N3O3S. The third kappa shape index (κ3) is 1.92. The smallest absolute Gasteiger partial charge is 0.265 e. The zero-order valence-electron chi connectivity index (χ0n) is 9.01. The highest BCUT2D eigenvalue weighted by atomic mass is 32.2. The summed E-state index contributed by atoms with van der Waals surface area (Å²) in [7, 11) is -3.57. The van der Waals surface area contributed by atoms with Gasteiger partial charge in [0.2, 0.25) is 0 Å². The van der Waals surface area contributed by atoms with Gasteiger partial charge in [-0.3, -0.25) is 10.2 Å². The van der Waals surface area contributed by atoms with Crippen molar-refractivity contribution in [2.75, 3.05) is 0 Å². The number of amides is 1. The van der Waals surface area contributed by atoms with Gasteiger partial charge in [-0.25, -0.2) is 14.3 Å². The van der Waals surface area contributed by atoms with E-state index < -0.39 is 20.6 Å². The van der Waals surface area contributed by atoms with Gasteiger partial charge in [0.15, 0.2) is 9.84 Å². The van der Waals surface area contributed by atoms with Crippen molar-refractivity contribution in [3.05, 3.63) is 29.8 Å². The van der Waals surface area contributed by atoms with Crippen LogP contribution < -0.4 is 17.0 Å². The van der Waals surface area contributed by atoms with Crippen LogP contribution in [0.1, 0.15) is 23.2 Å². The Balaban J connectivity index is 2.44. The molecule has 0 unspecified atom stereocenters. The van der Waals surface area contributed by atoms with Crippen LogP contribution in [0.4, 0.5) is 0 Å². The Labute approximate surface area is 98.9 Å². The molecule has 0 aromatic heterocycles. The lowest BCUT2D eigenvalue weighted by Gasteiger charge is -2.11. The number of rotatable bonds is 3. The predicted octanol–water partition coefficient (Wildman–Crippen LogP) is -0.487. The molecular weight excluding hydrogens is 242 g/mol. The van der Waals surface area contributed by atoms with Crippen LogP contribution in [0.15, 0.2) is 29.2 Å². The second-order valence-electron chi connectivity index (χ2n) is 4.07. The van der Waals surface area contributed by atoms with Gasteiger partial charge in [0.25, 0.3) is 5.91 Å². The highest BCUT2D eigenvalue weighted by Gasteiger charge is 2.51. The minimum atomic E-state index is -3.57. The molecule has 0 aliphatic heterocycles. The maximum absolute atomic E-state index is 12.1. The molecule has 0 bridgehead atoms. The molecule has 1 amide bonds. The van der Waals surface area contributed by atoms with Crippen LogP contribution in [-0.2, 0) is 9.84 Å². The lowest BCUT2D eigenvalue weighted by molar-refractivity contribution is 0.0953. The van der Waals surface area contributed by atoms with Crippen LogP contribution in [0.3, 0.4) is 0 Å². The molecule has 0 saturated heterocycles. The van der Waals surface area contributed by atoms with Gasteiger partial charge in [0.05, 0.1) is 4.90 Å². The molecule has 1 fully saturated rings. The maximum atomic E-state index is 12.1. The van der Waals surface area contributed by atoms with Gasteiger partial charge < -0.3 is 5.73 Å². The standard InChI is InChI=1S/C10H13N3O3S/c11-10(4-5-10)17(15,16)8-3-1-2-7(6-8)9(14)13-12/h1-3,6H,4-5,11-12H2,(H,13,14). The van der Waals surface area contributed by atoms with E-state index in [0.717, 1.165) is 0 Å². The van der Waals surface area contributed by atoms with Crippen LogP contribution in [0.5, 0.6) is 0 Å². The van der Waals surface area contributed by atoms with E-state index in [1.165, 1.54) is 24.3 Å². The summed E-state index contributed by atoms with van der Waals surface area (Å²) in [4.78, 5) is 10.2. The molecule has 1 aromatic rings. The number of carbonyl (C=O) groups excluding carboxylic acids is 1. The van der Waals surface area contributed by atoms with Gasteiger partial charge in [-0.05, 0) is 31.0 Å². The number of sulfone groups is 1. The second kappa shape index (κ2) is 3.80. The highest BCUT2D eigenvalue weighted by molar-refractivity contribution is 7.93. The van der Waals surface area contributed by atoms with Crippen molar-refractivity contribution in [1.29, 1.82) is 0 Å². The highest BCUT2D eigenvalue weighted by Crippen LogP contribution is 2.41. The molecule has 92 valence electrons. The summed E-state index contributed by atoms with van der Waals surface area (Å²) in [6, 6.07) is 5.68. The van der Waals surface area contributed by atoms with Crippen molar-refractivity contribution in [1.82, 2.24) is 5.43 Å². The number of nitrogens with two attached hydrogens (primary N) is 2. The largest absolute Gasteiger partial charge is 0.312 e. The number of nitrogens with one attached hydrogen (secondary N) is 1. The molecule has 17 heavy (non-hydrogen) atoms. The summed E-state index contributed by atoms with van der Waals surface area (Å²) in [6.45, 7) is 0. The Hall–Kier alpha value is -1.44. The third-order valence-electron chi connectivity index (χ3n) is 2.82. The van der Waals surface area contributed by atoms with Crippen molar-refractivity contribution in [3.63, 3.8) is 0 Å². The van der Waals surface area contributed by atoms with Gasteiger partial charge in [-0.1, -0.05) is 6.07 Å². The average Bonchev–Trinajstić information content (AvgIpc) is 3.08. The number of hydrogen-bond acceptors (Lipinski definition) is 5. The minimum Gasteiger partial charge on any atom is -0.312 e. The fraction of sp³-hybridized carbons (Fsp3) is 0.300. The molecule has 7 heteroatoms. The van der Waals surface area contributed by atoms with Crippen molar-refractivity contribution in [2.45, 2.75) is 22.6 Å². The first-order valence-electron chi connectivity index (χ1n) is 5.05. The number of nitrogen functional groups attached to an aromatic ring is 1. The lowest BCUT2D eigenvalue weighted by atomic mass is 10.2. The monoisotopic (exact) mass is 255 g/mol. The van der Waals surface area contributed by atoms with E-state index in [0.29, 0.717) is 12.8 Å². The number of benzene rings is 1. The molecule has 1 aliphatic carbocycles. The molecule has 0 spiro atoms. The van der Waals surface area contributed by atoms with Crippen LogP contribution >= 0.6 is 0 Å². The van der Waals surface area contributed by atoms with Crippen molar-refractivity contribution < 1.29 is 13.2 Å². The lowest BCUT2D eigenvalue weighted by Crippen LogP contribution is -2.33. The molecule has 1 saturated carbocycles. The fourth-order valence-corrected chi connectivity index (χ4v) is 3.16. The zero-order chi connectivity index (χ0) is 12.7. The van der Waals surface area contributed by atoms with Crippen LogP contribution in [-0.4, -0.2) is 19.2 Å². The predicted molar refractivity (Wildman–Crippen MR) is 61.4 cm³/mol. The van der Waals surface area contributed by atoms with Crippen LogP contribution in [0, 0.1) is 0 Å². The van der Waals surface area contributed by atoms with E-state index in [1.54, 1.807) is 0 Å². The van der Waals surface area contributed by atoms with Gasteiger partial charge in [-0.2, -0.15) is 0 Å². The van der Waals surface area contributed by atoms with Crippen molar-refractivity contribution >= 4 is 15.7 Å². The maximum Gasteiger partial charge on any atom is 0.265 e. The minimum absolute atomic E-state index is 0.0543. The average molecular weight is 255 g/mol. The summed E-state index contributed by atoms with van der Waals surface area (Å²) in [5.74, 6) is 4.45. The quantitative estimate of drug-likeness (QED) is 0.383. The summed E-state index contributed by atoms with van der Waals surface area (Å²) in [5, 5.41) is 0. The Morgan fingerprint density at radius 1 is 1.35 bits per heavy atom. The van der Waals surface area contributed by atoms with E-state index in [4.69, 9.17) is 11.6 Å². The Morgan fingerprint density at radius 3 is 2.53 bits per heavy atom. The topological polar surface area (TPSA) is 115 Å². The molecule has 5 N–H and O–H groups in total. The van der Waals surface area contributed by atoms with E-state index in [9.17, 15) is 13.2 Å². The summed E-state index contributed by atoms with van der Waals surface area (Å²) < 4.78 is 24.2. The van der Waals surface area contributed by atoms with Gasteiger partial charge in [0, 0.05) is 5.56 Å². The van der Waals surface area contributed by atoms with Gasteiger partial charge in [-0.15, -0.1) is 0 Å². The zero-order valence-corrected chi connectivity index (χ0v) is 9.83. The molecule has 0 radical (unpaired) electrons. The van der Waals surface area contributed by atoms with Crippen molar-refractivity contribution in [2.24, 2.45) is 11.6 Å². The second-order valence-corrected chi connectivity index (χ2v) is 6.36. The fourth-order valence-electron chi connectivity index (χ4n) is 1.51. The summed E-state index contributed by atoms with van der Waals surface area (Å²) in [5.41, 5.74) is 7.84. The molecule has 0 atom stereocenters. The molecule has 1 aliphatic rings. The van der Waals surface area contributed by atoms with E-state index >= 15 is 0 Å². The number of carbonyl (C=O) groups is 1. The van der Waals surface area contributed by atoms with Gasteiger partial charge >= 0.3 is 0 Å². The van der Waals surface area contributed by atoms with E-state index in [-0.39, 0.29) is 10.5 Å². The number of hydrazine groups is 1. The first kappa shape index (κ1) is 12.0. The van der Waals surface area contributed by atoms with Crippen LogP contribution in [0.2, 0.25) is 0 Å². The van der Waals surface area contributed by atoms with Crippen LogP contribution in [0.25, 0.3) is 0 Å². The molecule has 6 nitrogen and oxygen atoms in total. The molecule has 2 rings (SSSR count). The SMILES string of the molecule is NNC(=O)c1cccc(S(=O)(=O)C2(N)CC2)c1. The Bertz CT molecular complexity index is 564. The molecule has 0 heterocycles. The summed E-state index contributed by atoms with van der Waals surface area (Å²) in [6.07, 6.45) is 0.894. The Kier molecular flexibility index (Phi) is 2.69. The first-order chi connectivity index (χ1) is 7.90. The first-order valence-corrected chi connectivity index (χ1v) is 6.53. The van der Waals surface area contributed by atoms with Gasteiger partial charge in [0.1, 0.15) is 4.87 Å².